The molecule has 1 fully saturated rings. The maximum absolute atomic E-state index is 13.0. The molecule has 0 amide bonds. The van der Waals surface area contributed by atoms with Crippen molar-refractivity contribution in [3.63, 3.8) is 0 Å². The van der Waals surface area contributed by atoms with Crippen molar-refractivity contribution in [1.82, 2.24) is 0 Å². The highest BCUT2D eigenvalue weighted by atomic mass is 31.2. The number of phosphoric acid groups is 2. The van der Waals surface area contributed by atoms with E-state index in [1.165, 1.54) is 116 Å². The average Bonchev–Trinajstić information content (AvgIpc) is 3.21. The Bertz CT molecular complexity index is 1200. The largest absolute Gasteiger partial charge is 0.472 e. The first-order chi connectivity index (χ1) is 29.1. The molecule has 0 spiro atoms. The van der Waals surface area contributed by atoms with Crippen LogP contribution in [0.4, 0.5) is 0 Å². The predicted octanol–water partition coefficient (Wildman–Crippen LogP) is 8.62. The molecule has 5 unspecified atom stereocenters. The normalized spacial score (nSPS) is 22.2. The molecule has 0 aromatic heterocycles. The second kappa shape index (κ2) is 35.3. The van der Waals surface area contributed by atoms with Crippen LogP contribution in [-0.4, -0.2) is 103 Å². The summed E-state index contributed by atoms with van der Waals surface area (Å²) < 4.78 is 49.3. The summed E-state index contributed by atoms with van der Waals surface area (Å²) in [4.78, 5) is 54.2. The minimum absolute atomic E-state index is 0.0518. The molecule has 0 aromatic rings. The average molecular weight is 919 g/mol. The van der Waals surface area contributed by atoms with E-state index in [1.807, 2.05) is 0 Å². The van der Waals surface area contributed by atoms with E-state index in [4.69, 9.17) is 28.3 Å². The Morgan fingerprint density at radius 3 is 1.18 bits per heavy atom. The summed E-state index contributed by atoms with van der Waals surface area (Å²) >= 11 is 0. The minimum Gasteiger partial charge on any atom is -0.462 e. The molecule has 1 aliphatic rings. The Kier molecular flexibility index (Phi) is 33.6. The number of rotatable bonds is 40. The second-order valence-electron chi connectivity index (χ2n) is 16.8. The highest BCUT2D eigenvalue weighted by Crippen LogP contribution is 2.49. The van der Waals surface area contributed by atoms with Gasteiger partial charge in [-0.3, -0.25) is 23.2 Å². The van der Waals surface area contributed by atoms with Gasteiger partial charge in [-0.05, 0) is 12.8 Å². The molecule has 7 N–H and O–H groups in total. The monoisotopic (exact) mass is 919 g/mol. The molecule has 8 atom stereocenters. The van der Waals surface area contributed by atoms with E-state index >= 15 is 0 Å². The van der Waals surface area contributed by atoms with Gasteiger partial charge in [0, 0.05) is 12.8 Å². The fraction of sp³-hybridized carbons (Fsp3) is 0.953. The zero-order valence-corrected chi connectivity index (χ0v) is 39.2. The van der Waals surface area contributed by atoms with Crippen molar-refractivity contribution < 1.29 is 76.9 Å². The summed E-state index contributed by atoms with van der Waals surface area (Å²) in [5, 5.41) is 41.2. The van der Waals surface area contributed by atoms with Crippen LogP contribution in [0.1, 0.15) is 206 Å². The highest BCUT2D eigenvalue weighted by molar-refractivity contribution is 7.47. The lowest BCUT2D eigenvalue weighted by Crippen LogP contribution is -2.64. The smallest absolute Gasteiger partial charge is 0.462 e. The molecule has 16 nitrogen and oxygen atoms in total. The van der Waals surface area contributed by atoms with Crippen molar-refractivity contribution in [3.8, 4) is 0 Å². The quantitative estimate of drug-likeness (QED) is 0.0172. The van der Waals surface area contributed by atoms with Crippen LogP contribution in [0.15, 0.2) is 0 Å². The standard InChI is InChI=1S/C43H84O16P2/c1-3-5-7-9-11-13-15-17-18-20-21-23-25-27-29-31-36(44)55-33-35(57-37(45)32-30-28-26-24-22-19-16-14-12-10-8-6-4-2)34-56-61(53,54)59-43-40(48)38(46)39(47)42(41(43)49)58-60(50,51)52/h35,38-43,46-49H,3-34H2,1-2H3,(H,53,54)(H2,50,51,52)/t35-,38?,39?,40?,41?,42-,43+/m1/s1. The number of ether oxygens (including phenoxy) is 2. The maximum Gasteiger partial charge on any atom is 0.472 e. The van der Waals surface area contributed by atoms with Crippen LogP contribution in [0.25, 0.3) is 0 Å². The van der Waals surface area contributed by atoms with Gasteiger partial charge in [-0.1, -0.05) is 181 Å². The lowest BCUT2D eigenvalue weighted by Gasteiger charge is -2.43. The van der Waals surface area contributed by atoms with Crippen molar-refractivity contribution in [3.05, 3.63) is 0 Å². The maximum atomic E-state index is 13.0. The fourth-order valence-corrected chi connectivity index (χ4v) is 9.04. The highest BCUT2D eigenvalue weighted by Gasteiger charge is 2.54. The number of esters is 2. The third kappa shape index (κ3) is 30.0. The number of phosphoric ester groups is 2. The zero-order chi connectivity index (χ0) is 45.4. The van der Waals surface area contributed by atoms with Gasteiger partial charge >= 0.3 is 27.6 Å². The Morgan fingerprint density at radius 1 is 0.459 bits per heavy atom. The number of aliphatic hydroxyl groups excluding tert-OH is 4. The van der Waals surface area contributed by atoms with E-state index in [0.717, 1.165) is 51.4 Å². The van der Waals surface area contributed by atoms with Crippen LogP contribution >= 0.6 is 15.6 Å². The summed E-state index contributed by atoms with van der Waals surface area (Å²) in [6, 6.07) is 0. The van der Waals surface area contributed by atoms with Gasteiger partial charge in [0.1, 0.15) is 43.2 Å². The van der Waals surface area contributed by atoms with E-state index in [0.29, 0.717) is 12.8 Å². The van der Waals surface area contributed by atoms with Crippen molar-refractivity contribution in [2.24, 2.45) is 0 Å². The third-order valence-corrected chi connectivity index (χ3v) is 12.7. The predicted molar refractivity (Wildman–Crippen MR) is 232 cm³/mol. The number of carbonyl (C=O) groups excluding carboxylic acids is 2. The molecule has 18 heteroatoms. The SMILES string of the molecule is CCCCCCCCCCCCCCCCCC(=O)OC[C@H](COP(=O)(O)O[C@H]1C(O)C(O)C(O)[C@@H](OP(=O)(O)O)C1O)OC(=O)CCCCCCCCCCCCCCC. The third-order valence-electron chi connectivity index (χ3n) is 11.2. The number of carbonyl (C=O) groups is 2. The molecule has 1 aliphatic carbocycles. The Balaban J connectivity index is 2.58. The molecule has 0 aromatic carbocycles. The van der Waals surface area contributed by atoms with Crippen molar-refractivity contribution in [1.29, 1.82) is 0 Å². The first kappa shape index (κ1) is 58.0. The summed E-state index contributed by atoms with van der Waals surface area (Å²) in [5.41, 5.74) is 0. The first-order valence-electron chi connectivity index (χ1n) is 23.6. The topological polar surface area (TPSA) is 256 Å². The number of aliphatic hydroxyl groups is 4. The van der Waals surface area contributed by atoms with E-state index in [9.17, 15) is 44.0 Å². The van der Waals surface area contributed by atoms with Gasteiger partial charge in [-0.15, -0.1) is 0 Å². The van der Waals surface area contributed by atoms with Crippen molar-refractivity contribution in [2.75, 3.05) is 13.2 Å². The van der Waals surface area contributed by atoms with Crippen molar-refractivity contribution >= 4 is 27.6 Å². The fourth-order valence-electron chi connectivity index (χ4n) is 7.50. The van der Waals surface area contributed by atoms with E-state index < -0.39 is 83.5 Å². The molecule has 0 saturated heterocycles. The van der Waals surface area contributed by atoms with Gasteiger partial charge in [0.25, 0.3) is 0 Å². The molecule has 0 bridgehead atoms. The Hall–Kier alpha value is -1.00. The van der Waals surface area contributed by atoms with Crippen LogP contribution in [0.5, 0.6) is 0 Å². The molecule has 362 valence electrons. The summed E-state index contributed by atoms with van der Waals surface area (Å²) in [6.45, 7) is 3.12. The molecule has 0 heterocycles. The second-order valence-corrected chi connectivity index (χ2v) is 19.4. The van der Waals surface area contributed by atoms with Crippen LogP contribution in [0.2, 0.25) is 0 Å². The summed E-state index contributed by atoms with van der Waals surface area (Å²) in [7, 11) is -10.7. The lowest BCUT2D eigenvalue weighted by atomic mass is 9.85. The van der Waals surface area contributed by atoms with Crippen LogP contribution in [0, 0.1) is 0 Å². The minimum atomic E-state index is -5.36. The van der Waals surface area contributed by atoms with Gasteiger partial charge in [-0.25, -0.2) is 9.13 Å². The zero-order valence-electron chi connectivity index (χ0n) is 37.4. The molecule has 1 rings (SSSR count). The molecular formula is C43H84O16P2. The van der Waals surface area contributed by atoms with Gasteiger partial charge in [0.05, 0.1) is 6.61 Å². The molecule has 1 saturated carbocycles. The van der Waals surface area contributed by atoms with Gasteiger partial charge in [0.2, 0.25) is 0 Å². The van der Waals surface area contributed by atoms with Gasteiger partial charge in [-0.2, -0.15) is 0 Å². The van der Waals surface area contributed by atoms with E-state index in [-0.39, 0.29) is 12.8 Å². The van der Waals surface area contributed by atoms with E-state index in [1.54, 1.807) is 0 Å². The van der Waals surface area contributed by atoms with Gasteiger partial charge < -0.3 is 44.6 Å². The Morgan fingerprint density at radius 2 is 0.803 bits per heavy atom. The van der Waals surface area contributed by atoms with Crippen LogP contribution in [0.3, 0.4) is 0 Å². The summed E-state index contributed by atoms with van der Waals surface area (Å²) in [6.07, 6.45) is 17.8. The molecule has 0 aliphatic heterocycles. The number of unbranched alkanes of at least 4 members (excludes halogenated alkanes) is 26. The number of hydrogen-bond acceptors (Lipinski definition) is 13. The van der Waals surface area contributed by atoms with Crippen LogP contribution in [-0.2, 0) is 41.8 Å². The Labute approximate surface area is 366 Å². The molecule has 61 heavy (non-hydrogen) atoms. The molecule has 0 radical (unpaired) electrons. The number of hydrogen-bond donors (Lipinski definition) is 7. The first-order valence-corrected chi connectivity index (χ1v) is 26.6. The van der Waals surface area contributed by atoms with Gasteiger partial charge in [0.15, 0.2) is 6.10 Å². The van der Waals surface area contributed by atoms with Crippen LogP contribution < -0.4 is 0 Å². The summed E-state index contributed by atoms with van der Waals surface area (Å²) in [5.74, 6) is -1.19. The molecular weight excluding hydrogens is 834 g/mol. The van der Waals surface area contributed by atoms with E-state index in [2.05, 4.69) is 18.4 Å². The van der Waals surface area contributed by atoms with Crippen molar-refractivity contribution in [2.45, 2.75) is 249 Å². The lowest BCUT2D eigenvalue weighted by molar-refractivity contribution is -0.216.